The van der Waals surface area contributed by atoms with Gasteiger partial charge in [-0.05, 0) is 38.3 Å². The molecular formula is C16H27N5OS. The first-order valence-corrected chi connectivity index (χ1v) is 9.67. The number of hydrogen-bond donors (Lipinski definition) is 2. The van der Waals surface area contributed by atoms with Crippen molar-refractivity contribution >= 4 is 22.5 Å². The Morgan fingerprint density at radius 1 is 1.26 bits per heavy atom. The highest BCUT2D eigenvalue weighted by Crippen LogP contribution is 2.35. The number of aromatic nitrogens is 2. The van der Waals surface area contributed by atoms with Crippen LogP contribution in [0.25, 0.3) is 0 Å². The monoisotopic (exact) mass is 337 g/mol. The Morgan fingerprint density at radius 2 is 2.09 bits per heavy atom. The SMILES string of the molecule is CCN1CC[C@@H](CNC(=O)Nc2nnc(C3CCCCC3)s2)C1. The van der Waals surface area contributed by atoms with E-state index in [1.54, 1.807) is 0 Å². The zero-order valence-electron chi connectivity index (χ0n) is 13.9. The standard InChI is InChI=1S/C16H27N5OS/c1-2-21-9-8-12(11-21)10-17-15(22)18-16-20-19-14(23-16)13-6-4-3-5-7-13/h12-13H,2-11H2,1H3,(H2,17,18,20,22)/t12-/m0/s1. The lowest BCUT2D eigenvalue weighted by atomic mass is 9.90. The minimum atomic E-state index is -0.161. The van der Waals surface area contributed by atoms with Crippen LogP contribution in [0, 0.1) is 5.92 Å². The van der Waals surface area contributed by atoms with Crippen LogP contribution < -0.4 is 10.6 Å². The summed E-state index contributed by atoms with van der Waals surface area (Å²) in [5, 5.41) is 15.9. The molecule has 1 saturated heterocycles. The van der Waals surface area contributed by atoms with Crippen LogP contribution in [0.4, 0.5) is 9.93 Å². The number of hydrogen-bond acceptors (Lipinski definition) is 5. The molecule has 23 heavy (non-hydrogen) atoms. The first kappa shape index (κ1) is 16.6. The molecule has 2 N–H and O–H groups in total. The summed E-state index contributed by atoms with van der Waals surface area (Å²) < 4.78 is 0. The van der Waals surface area contributed by atoms with Gasteiger partial charge in [0.1, 0.15) is 5.01 Å². The van der Waals surface area contributed by atoms with Crippen LogP contribution >= 0.6 is 11.3 Å². The molecule has 7 heteroatoms. The minimum absolute atomic E-state index is 0.161. The number of rotatable bonds is 5. The van der Waals surface area contributed by atoms with E-state index in [-0.39, 0.29) is 6.03 Å². The summed E-state index contributed by atoms with van der Waals surface area (Å²) in [4.78, 5) is 14.4. The van der Waals surface area contributed by atoms with E-state index in [1.807, 2.05) is 0 Å². The number of nitrogens with zero attached hydrogens (tertiary/aromatic N) is 3. The third-order valence-electron chi connectivity index (χ3n) is 4.98. The second-order valence-corrected chi connectivity index (χ2v) is 7.67. The number of anilines is 1. The van der Waals surface area contributed by atoms with E-state index in [1.165, 1.54) is 49.9 Å². The number of carbonyl (C=O) groups is 1. The van der Waals surface area contributed by atoms with Gasteiger partial charge in [-0.25, -0.2) is 4.79 Å². The number of urea groups is 1. The molecule has 2 aliphatic rings. The van der Waals surface area contributed by atoms with Gasteiger partial charge in [-0.1, -0.05) is 37.5 Å². The predicted octanol–water partition coefficient (Wildman–Crippen LogP) is 3.05. The van der Waals surface area contributed by atoms with Crippen LogP contribution in [0.2, 0.25) is 0 Å². The molecule has 2 amide bonds. The van der Waals surface area contributed by atoms with Crippen molar-refractivity contribution in [1.29, 1.82) is 0 Å². The van der Waals surface area contributed by atoms with Crippen molar-refractivity contribution in [1.82, 2.24) is 20.4 Å². The Labute approximate surface area is 142 Å². The van der Waals surface area contributed by atoms with E-state index in [9.17, 15) is 4.79 Å². The van der Waals surface area contributed by atoms with Crippen LogP contribution in [0.3, 0.4) is 0 Å². The van der Waals surface area contributed by atoms with Crippen LogP contribution in [0.5, 0.6) is 0 Å². The van der Waals surface area contributed by atoms with Crippen molar-refractivity contribution < 1.29 is 4.79 Å². The molecule has 1 atom stereocenters. The van der Waals surface area contributed by atoms with E-state index < -0.39 is 0 Å². The molecule has 1 aromatic heterocycles. The molecule has 1 aromatic rings. The van der Waals surface area contributed by atoms with Gasteiger partial charge in [0.15, 0.2) is 0 Å². The normalized spacial score (nSPS) is 23.1. The van der Waals surface area contributed by atoms with Gasteiger partial charge in [0, 0.05) is 19.0 Å². The van der Waals surface area contributed by atoms with E-state index in [4.69, 9.17) is 0 Å². The first-order chi connectivity index (χ1) is 11.2. The molecule has 1 aliphatic heterocycles. The van der Waals surface area contributed by atoms with Gasteiger partial charge in [0.2, 0.25) is 5.13 Å². The molecule has 0 radical (unpaired) electrons. The molecular weight excluding hydrogens is 310 g/mol. The van der Waals surface area contributed by atoms with Crippen LogP contribution in [0.1, 0.15) is 56.4 Å². The highest BCUT2D eigenvalue weighted by Gasteiger charge is 2.22. The van der Waals surface area contributed by atoms with Gasteiger partial charge >= 0.3 is 6.03 Å². The van der Waals surface area contributed by atoms with E-state index in [0.717, 1.165) is 31.2 Å². The Morgan fingerprint density at radius 3 is 2.83 bits per heavy atom. The second-order valence-electron chi connectivity index (χ2n) is 6.66. The molecule has 0 bridgehead atoms. The summed E-state index contributed by atoms with van der Waals surface area (Å²) in [7, 11) is 0. The van der Waals surface area contributed by atoms with Crippen molar-refractivity contribution in [3.63, 3.8) is 0 Å². The molecule has 1 saturated carbocycles. The fourth-order valence-corrected chi connectivity index (χ4v) is 4.45. The van der Waals surface area contributed by atoms with Crippen LogP contribution in [-0.2, 0) is 0 Å². The van der Waals surface area contributed by atoms with Crippen LogP contribution in [0.15, 0.2) is 0 Å². The van der Waals surface area contributed by atoms with Crippen molar-refractivity contribution in [2.75, 3.05) is 31.5 Å². The summed E-state index contributed by atoms with van der Waals surface area (Å²) in [5.74, 6) is 1.10. The fourth-order valence-electron chi connectivity index (χ4n) is 3.54. The number of likely N-dealkylation sites (tertiary alicyclic amines) is 1. The zero-order chi connectivity index (χ0) is 16.1. The van der Waals surface area contributed by atoms with Gasteiger partial charge in [0.25, 0.3) is 0 Å². The van der Waals surface area contributed by atoms with E-state index in [2.05, 4.69) is 32.7 Å². The number of carbonyl (C=O) groups excluding carboxylic acids is 1. The molecule has 3 rings (SSSR count). The number of nitrogens with one attached hydrogen (secondary N) is 2. The van der Waals surface area contributed by atoms with E-state index >= 15 is 0 Å². The molecule has 0 spiro atoms. The molecule has 0 aromatic carbocycles. The maximum Gasteiger partial charge on any atom is 0.321 e. The zero-order valence-corrected chi connectivity index (χ0v) is 14.7. The lowest BCUT2D eigenvalue weighted by Crippen LogP contribution is -2.34. The minimum Gasteiger partial charge on any atom is -0.337 e. The van der Waals surface area contributed by atoms with Gasteiger partial charge in [-0.2, -0.15) is 0 Å². The maximum atomic E-state index is 12.0. The quantitative estimate of drug-likeness (QED) is 0.866. The summed E-state index contributed by atoms with van der Waals surface area (Å²) in [6, 6.07) is -0.161. The molecule has 128 valence electrons. The van der Waals surface area contributed by atoms with Crippen molar-refractivity contribution in [2.45, 2.75) is 51.4 Å². The lowest BCUT2D eigenvalue weighted by molar-refractivity contribution is 0.250. The van der Waals surface area contributed by atoms with Gasteiger partial charge in [0.05, 0.1) is 0 Å². The summed E-state index contributed by atoms with van der Waals surface area (Å²) in [6.07, 6.45) is 7.47. The van der Waals surface area contributed by atoms with Gasteiger partial charge < -0.3 is 10.2 Å². The maximum absolute atomic E-state index is 12.0. The topological polar surface area (TPSA) is 70.2 Å². The third-order valence-corrected chi connectivity index (χ3v) is 5.99. The second kappa shape index (κ2) is 8.06. The Kier molecular flexibility index (Phi) is 5.83. The van der Waals surface area contributed by atoms with E-state index in [0.29, 0.717) is 17.0 Å². The van der Waals surface area contributed by atoms with Crippen LogP contribution in [-0.4, -0.2) is 47.3 Å². The predicted molar refractivity (Wildman–Crippen MR) is 93.0 cm³/mol. The van der Waals surface area contributed by atoms with Gasteiger partial charge in [-0.15, -0.1) is 10.2 Å². The smallest absolute Gasteiger partial charge is 0.321 e. The average Bonchev–Trinajstić information content (AvgIpc) is 3.23. The van der Waals surface area contributed by atoms with Crippen molar-refractivity contribution in [3.05, 3.63) is 5.01 Å². The van der Waals surface area contributed by atoms with Crippen molar-refractivity contribution in [2.24, 2.45) is 5.92 Å². The Hall–Kier alpha value is -1.21. The summed E-state index contributed by atoms with van der Waals surface area (Å²) in [6.45, 7) is 6.24. The average molecular weight is 337 g/mol. The fraction of sp³-hybridized carbons (Fsp3) is 0.812. The molecule has 6 nitrogen and oxygen atoms in total. The van der Waals surface area contributed by atoms with Crippen molar-refractivity contribution in [3.8, 4) is 0 Å². The third kappa shape index (κ3) is 4.64. The first-order valence-electron chi connectivity index (χ1n) is 8.85. The summed E-state index contributed by atoms with van der Waals surface area (Å²) in [5.41, 5.74) is 0. The largest absolute Gasteiger partial charge is 0.337 e. The number of amides is 2. The molecule has 0 unspecified atom stereocenters. The highest BCUT2D eigenvalue weighted by molar-refractivity contribution is 7.15. The molecule has 2 heterocycles. The Bertz CT molecular complexity index is 514. The lowest BCUT2D eigenvalue weighted by Gasteiger charge is -2.18. The highest BCUT2D eigenvalue weighted by atomic mass is 32.1. The molecule has 2 fully saturated rings. The summed E-state index contributed by atoms with van der Waals surface area (Å²) >= 11 is 1.53. The molecule has 1 aliphatic carbocycles. The Balaban J connectivity index is 1.42. The van der Waals surface area contributed by atoms with Gasteiger partial charge in [-0.3, -0.25) is 5.32 Å².